The van der Waals surface area contributed by atoms with E-state index >= 15 is 0 Å². The molecule has 0 fully saturated rings. The first-order valence-electron chi connectivity index (χ1n) is 8.54. The van der Waals surface area contributed by atoms with Crippen LogP contribution in [0.2, 0.25) is 4.82 Å². The molecule has 0 saturated carbocycles. The molecule has 0 aliphatic carbocycles. The second-order valence-electron chi connectivity index (χ2n) is 6.10. The van der Waals surface area contributed by atoms with Gasteiger partial charge in [-0.15, -0.1) is 0 Å². The number of hydrogen-bond acceptors (Lipinski definition) is 4. The first-order chi connectivity index (χ1) is 12.7. The molecule has 136 valence electrons. The molecule has 26 heavy (non-hydrogen) atoms. The minimum atomic E-state index is -0.258. The number of rotatable bonds is 6. The Kier molecular flexibility index (Phi) is 6.50. The van der Waals surface area contributed by atoms with E-state index in [4.69, 9.17) is 9.47 Å². The van der Waals surface area contributed by atoms with E-state index in [9.17, 15) is 4.79 Å². The van der Waals surface area contributed by atoms with Crippen molar-refractivity contribution < 1.29 is 14.3 Å². The fourth-order valence-corrected chi connectivity index (χ4v) is 5.87. The Morgan fingerprint density at radius 1 is 1.08 bits per heavy atom. The zero-order valence-electron chi connectivity index (χ0n) is 15.0. The molecule has 2 aromatic rings. The SMILES string of the molecule is COC(=O)C1=CN(Cc2ccccc2)[C@H](OC)[C@@H]([Se]c2ccccc2)C1. The second-order valence-corrected chi connectivity index (χ2v) is 8.86. The Bertz CT molecular complexity index is 748. The molecule has 0 aromatic heterocycles. The Balaban J connectivity index is 1.87. The van der Waals surface area contributed by atoms with E-state index in [1.165, 1.54) is 17.1 Å². The van der Waals surface area contributed by atoms with Crippen LogP contribution in [-0.2, 0) is 20.8 Å². The maximum atomic E-state index is 12.2. The van der Waals surface area contributed by atoms with Gasteiger partial charge in [0, 0.05) is 0 Å². The molecule has 1 heterocycles. The van der Waals surface area contributed by atoms with E-state index in [-0.39, 0.29) is 32.0 Å². The van der Waals surface area contributed by atoms with E-state index in [1.54, 1.807) is 7.11 Å². The van der Waals surface area contributed by atoms with Crippen LogP contribution in [0.3, 0.4) is 0 Å². The fraction of sp³-hybridized carbons (Fsp3) is 0.286. The van der Waals surface area contributed by atoms with Gasteiger partial charge in [0.1, 0.15) is 0 Å². The number of ether oxygens (including phenoxy) is 2. The third kappa shape index (κ3) is 4.55. The Morgan fingerprint density at radius 2 is 1.73 bits per heavy atom. The van der Waals surface area contributed by atoms with Crippen molar-refractivity contribution in [3.63, 3.8) is 0 Å². The van der Waals surface area contributed by atoms with Gasteiger partial charge in [0.2, 0.25) is 0 Å². The Hall–Kier alpha value is -2.07. The van der Waals surface area contributed by atoms with Crippen molar-refractivity contribution in [3.05, 3.63) is 78.0 Å². The van der Waals surface area contributed by atoms with E-state index in [1.807, 2.05) is 30.5 Å². The molecule has 4 nitrogen and oxygen atoms in total. The summed E-state index contributed by atoms with van der Waals surface area (Å²) in [6.45, 7) is 0.696. The fourth-order valence-electron chi connectivity index (χ4n) is 3.12. The molecule has 1 aliphatic heterocycles. The molecule has 1 aliphatic rings. The van der Waals surface area contributed by atoms with Crippen molar-refractivity contribution in [2.45, 2.75) is 24.0 Å². The van der Waals surface area contributed by atoms with Crippen molar-refractivity contribution in [2.75, 3.05) is 14.2 Å². The molecule has 3 rings (SSSR count). The topological polar surface area (TPSA) is 38.8 Å². The molecule has 5 heteroatoms. The standard InChI is InChI=1S/C21H23NO3Se/c1-24-20-19(26-18-11-7-4-8-12-18)13-17(21(23)25-2)15-22(20)14-16-9-5-3-6-10-16/h3-12,15,19-20H,13-14H2,1-2H3/t19-,20+/m0/s1. The number of carbonyl (C=O) groups is 1. The predicted octanol–water partition coefficient (Wildman–Crippen LogP) is 2.74. The van der Waals surface area contributed by atoms with Crippen molar-refractivity contribution in [1.82, 2.24) is 4.90 Å². The summed E-state index contributed by atoms with van der Waals surface area (Å²) in [7, 11) is 3.18. The number of esters is 1. The monoisotopic (exact) mass is 417 g/mol. The molecular weight excluding hydrogens is 393 g/mol. The average Bonchev–Trinajstić information content (AvgIpc) is 2.69. The molecule has 0 N–H and O–H groups in total. The first-order valence-corrected chi connectivity index (χ1v) is 10.4. The van der Waals surface area contributed by atoms with Crippen LogP contribution in [0, 0.1) is 0 Å². The third-order valence-corrected chi connectivity index (χ3v) is 6.93. The van der Waals surface area contributed by atoms with Crippen molar-refractivity contribution >= 4 is 25.4 Å². The van der Waals surface area contributed by atoms with E-state index < -0.39 is 0 Å². The average molecular weight is 416 g/mol. The van der Waals surface area contributed by atoms with Crippen LogP contribution >= 0.6 is 0 Å². The zero-order valence-corrected chi connectivity index (χ0v) is 16.7. The molecular formula is C21H23NO3Se. The summed E-state index contributed by atoms with van der Waals surface area (Å²) in [5.74, 6) is -0.258. The van der Waals surface area contributed by atoms with E-state index in [0.29, 0.717) is 18.5 Å². The van der Waals surface area contributed by atoms with Crippen LogP contribution in [-0.4, -0.2) is 46.3 Å². The summed E-state index contributed by atoms with van der Waals surface area (Å²) in [5.41, 5.74) is 1.89. The molecule has 0 spiro atoms. The molecule has 2 aromatic carbocycles. The van der Waals surface area contributed by atoms with Gasteiger partial charge in [-0.05, 0) is 0 Å². The van der Waals surface area contributed by atoms with Gasteiger partial charge in [-0.25, -0.2) is 0 Å². The van der Waals surface area contributed by atoms with Gasteiger partial charge in [0.15, 0.2) is 0 Å². The summed E-state index contributed by atoms with van der Waals surface area (Å²) in [6.07, 6.45) is 2.51. The van der Waals surface area contributed by atoms with Crippen LogP contribution in [0.5, 0.6) is 0 Å². The number of benzene rings is 2. The summed E-state index contributed by atoms with van der Waals surface area (Å²) in [6, 6.07) is 20.7. The number of carbonyl (C=O) groups excluding carboxylic acids is 1. The van der Waals surface area contributed by atoms with Gasteiger partial charge in [-0.2, -0.15) is 0 Å². The summed E-state index contributed by atoms with van der Waals surface area (Å²) >= 11 is 0.185. The van der Waals surface area contributed by atoms with Crippen LogP contribution in [0.4, 0.5) is 0 Å². The minimum absolute atomic E-state index is 0.0659. The van der Waals surface area contributed by atoms with E-state index in [0.717, 1.165) is 0 Å². The maximum absolute atomic E-state index is 12.2. The van der Waals surface area contributed by atoms with Crippen molar-refractivity contribution in [3.8, 4) is 0 Å². The van der Waals surface area contributed by atoms with Crippen molar-refractivity contribution in [1.29, 1.82) is 0 Å². The van der Waals surface area contributed by atoms with Crippen LogP contribution in [0.1, 0.15) is 12.0 Å². The Morgan fingerprint density at radius 3 is 2.35 bits per heavy atom. The van der Waals surface area contributed by atoms with Crippen LogP contribution in [0.25, 0.3) is 0 Å². The predicted molar refractivity (Wildman–Crippen MR) is 103 cm³/mol. The zero-order chi connectivity index (χ0) is 18.4. The molecule has 2 atom stereocenters. The van der Waals surface area contributed by atoms with Crippen LogP contribution in [0.15, 0.2) is 72.4 Å². The first kappa shape index (κ1) is 18.7. The molecule has 0 amide bonds. The molecule has 0 radical (unpaired) electrons. The third-order valence-electron chi connectivity index (χ3n) is 4.32. The van der Waals surface area contributed by atoms with Gasteiger partial charge in [0.05, 0.1) is 0 Å². The quantitative estimate of drug-likeness (QED) is 0.536. The Labute approximate surface area is 161 Å². The summed E-state index contributed by atoms with van der Waals surface area (Å²) < 4.78 is 12.2. The molecule has 0 unspecified atom stereocenters. The number of methoxy groups -OCH3 is 2. The molecule has 0 saturated heterocycles. The van der Waals surface area contributed by atoms with Gasteiger partial charge >= 0.3 is 161 Å². The van der Waals surface area contributed by atoms with Crippen LogP contribution < -0.4 is 4.46 Å². The van der Waals surface area contributed by atoms with E-state index in [2.05, 4.69) is 41.3 Å². The second kappa shape index (κ2) is 9.04. The summed E-state index contributed by atoms with van der Waals surface area (Å²) in [5, 5.41) is 0. The number of hydrogen-bond donors (Lipinski definition) is 0. The van der Waals surface area contributed by atoms with Gasteiger partial charge in [0.25, 0.3) is 0 Å². The van der Waals surface area contributed by atoms with Gasteiger partial charge in [-0.1, -0.05) is 0 Å². The normalized spacial score (nSPS) is 19.8. The molecule has 0 bridgehead atoms. The summed E-state index contributed by atoms with van der Waals surface area (Å²) in [4.78, 5) is 14.6. The van der Waals surface area contributed by atoms with Gasteiger partial charge in [-0.3, -0.25) is 0 Å². The number of nitrogens with zero attached hydrogens (tertiary/aromatic N) is 1. The van der Waals surface area contributed by atoms with Gasteiger partial charge < -0.3 is 0 Å². The van der Waals surface area contributed by atoms with Crippen molar-refractivity contribution in [2.24, 2.45) is 0 Å².